The van der Waals surface area contributed by atoms with E-state index in [1.54, 1.807) is 11.8 Å². The Morgan fingerprint density at radius 3 is 2.04 bits per heavy atom. The van der Waals surface area contributed by atoms with Crippen LogP contribution in [0, 0.1) is 20.9 Å². The number of aliphatic carboxylic acids is 1. The fraction of sp³-hybridized carbons (Fsp3) is 0.441. The van der Waals surface area contributed by atoms with Crippen LogP contribution in [0.5, 0.6) is 17.2 Å². The van der Waals surface area contributed by atoms with Gasteiger partial charge in [0, 0.05) is 47.4 Å². The maximum Gasteiger partial charge on any atom is 0.416 e. The van der Waals surface area contributed by atoms with Crippen LogP contribution in [-0.4, -0.2) is 45.6 Å². The molecule has 10 nitrogen and oxygen atoms in total. The molecular formula is C34H34ClF3N2O8. The van der Waals surface area contributed by atoms with E-state index in [4.69, 9.17) is 21.1 Å². The minimum Gasteiger partial charge on any atom is -0.490 e. The van der Waals surface area contributed by atoms with E-state index >= 15 is 0 Å². The predicted molar refractivity (Wildman–Crippen MR) is 168 cm³/mol. The minimum atomic E-state index is -4.84. The lowest BCUT2D eigenvalue weighted by Crippen LogP contribution is -2.45. The number of carbonyl (C=O) groups excluding carboxylic acids is 2. The number of ether oxygens (including phenoxy) is 2. The van der Waals surface area contributed by atoms with E-state index in [1.807, 2.05) is 27.7 Å². The second-order valence-electron chi connectivity index (χ2n) is 13.8. The Kier molecular flexibility index (Phi) is 8.91. The van der Waals surface area contributed by atoms with Crippen molar-refractivity contribution in [3.05, 3.63) is 79.1 Å². The summed E-state index contributed by atoms with van der Waals surface area (Å²) in [7, 11) is 0. The number of ketones is 2. The molecule has 2 aliphatic carbocycles. The van der Waals surface area contributed by atoms with Crippen LogP contribution in [0.25, 0.3) is 0 Å². The number of carboxylic acid groups (broad SMARTS) is 1. The predicted octanol–water partition coefficient (Wildman–Crippen LogP) is 8.23. The summed E-state index contributed by atoms with van der Waals surface area (Å²) in [5.74, 6) is -3.32. The zero-order valence-corrected chi connectivity index (χ0v) is 27.7. The fourth-order valence-electron chi connectivity index (χ4n) is 6.86. The standard InChI is InChI=1S/C34H34ClF3N2O8/c1-6-47-26-10-17(9-19(35)31(26)48-25-8-7-18(34(36,37)38)11-20(25)40(45)46)28-29-21(12-32(2,3)14-23(29)41)39(16-27(43)44)22-13-33(4,5)15-24(42)30(22)28/h7-11,28H,6,12-16H2,1-5H3,(H,43,44). The highest BCUT2D eigenvalue weighted by Gasteiger charge is 2.49. The molecular weight excluding hydrogens is 657 g/mol. The van der Waals surface area contributed by atoms with E-state index in [0.29, 0.717) is 41.9 Å². The van der Waals surface area contributed by atoms with Crippen molar-refractivity contribution < 1.29 is 47.1 Å². The molecule has 0 bridgehead atoms. The van der Waals surface area contributed by atoms with Crippen molar-refractivity contribution in [3.8, 4) is 17.2 Å². The van der Waals surface area contributed by atoms with Crippen LogP contribution in [-0.2, 0) is 20.6 Å². The van der Waals surface area contributed by atoms with Crippen LogP contribution < -0.4 is 9.47 Å². The molecule has 0 saturated heterocycles. The summed E-state index contributed by atoms with van der Waals surface area (Å²) in [5, 5.41) is 21.5. The number of nitro benzene ring substituents is 1. The highest BCUT2D eigenvalue weighted by molar-refractivity contribution is 6.32. The third-order valence-corrected chi connectivity index (χ3v) is 8.96. The molecule has 1 aliphatic heterocycles. The van der Waals surface area contributed by atoms with Gasteiger partial charge in [-0.2, -0.15) is 13.2 Å². The van der Waals surface area contributed by atoms with Gasteiger partial charge in [-0.15, -0.1) is 0 Å². The number of Topliss-reactive ketones (excluding diaryl/α,β-unsaturated/α-hetero) is 2. The first-order valence-corrected chi connectivity index (χ1v) is 15.6. The molecule has 0 atom stereocenters. The molecule has 0 unspecified atom stereocenters. The molecule has 256 valence electrons. The van der Waals surface area contributed by atoms with E-state index in [2.05, 4.69) is 0 Å². The second-order valence-corrected chi connectivity index (χ2v) is 14.2. The summed E-state index contributed by atoms with van der Waals surface area (Å²) < 4.78 is 51.5. The number of nitro groups is 1. The second kappa shape index (κ2) is 12.2. The summed E-state index contributed by atoms with van der Waals surface area (Å²) in [6, 6.07) is 4.75. The first-order chi connectivity index (χ1) is 22.2. The number of hydrogen-bond donors (Lipinski definition) is 1. The monoisotopic (exact) mass is 690 g/mol. The SMILES string of the molecule is CCOc1cc(C2C3=C(CC(C)(C)CC3=O)N(CC(=O)O)C3=C2C(=O)CC(C)(C)C3)cc(Cl)c1Oc1ccc(C(F)(F)F)cc1[N+](=O)[O-]. The largest absolute Gasteiger partial charge is 0.490 e. The maximum absolute atomic E-state index is 14.0. The third-order valence-electron chi connectivity index (χ3n) is 8.68. The van der Waals surface area contributed by atoms with Gasteiger partial charge in [0.05, 0.1) is 22.1 Å². The first-order valence-electron chi connectivity index (χ1n) is 15.2. The average molecular weight is 691 g/mol. The summed E-state index contributed by atoms with van der Waals surface area (Å²) in [6.45, 7) is 8.93. The van der Waals surface area contributed by atoms with Crippen LogP contribution in [0.3, 0.4) is 0 Å². The van der Waals surface area contributed by atoms with Gasteiger partial charge in [0.2, 0.25) is 5.75 Å². The van der Waals surface area contributed by atoms with Crippen molar-refractivity contribution in [1.82, 2.24) is 4.90 Å². The van der Waals surface area contributed by atoms with Gasteiger partial charge in [-0.25, -0.2) is 0 Å². The zero-order valence-electron chi connectivity index (χ0n) is 26.9. The summed E-state index contributed by atoms with van der Waals surface area (Å²) >= 11 is 6.74. The Labute approximate surface area is 279 Å². The first kappa shape index (κ1) is 34.9. The number of nitrogens with zero attached hydrogens (tertiary/aromatic N) is 2. The van der Waals surface area contributed by atoms with Crippen molar-refractivity contribution in [1.29, 1.82) is 0 Å². The van der Waals surface area contributed by atoms with Crippen LogP contribution >= 0.6 is 11.6 Å². The molecule has 3 aliphatic rings. The number of alkyl halides is 3. The molecule has 0 aromatic heterocycles. The summed E-state index contributed by atoms with van der Waals surface area (Å²) in [4.78, 5) is 52.4. The van der Waals surface area contributed by atoms with Gasteiger partial charge in [-0.3, -0.25) is 24.5 Å². The van der Waals surface area contributed by atoms with E-state index in [1.165, 1.54) is 12.1 Å². The lowest BCUT2D eigenvalue weighted by molar-refractivity contribution is -0.385. The average Bonchev–Trinajstić information content (AvgIpc) is 2.93. The van der Waals surface area contributed by atoms with Crippen molar-refractivity contribution in [2.45, 2.75) is 72.4 Å². The highest BCUT2D eigenvalue weighted by Crippen LogP contribution is 2.56. The molecule has 0 saturated carbocycles. The quantitative estimate of drug-likeness (QED) is 0.215. The van der Waals surface area contributed by atoms with Crippen LogP contribution in [0.15, 0.2) is 52.9 Å². The molecule has 1 heterocycles. The van der Waals surface area contributed by atoms with Crippen molar-refractivity contribution in [3.63, 3.8) is 0 Å². The van der Waals surface area contributed by atoms with Gasteiger partial charge >= 0.3 is 17.8 Å². The molecule has 0 radical (unpaired) electrons. The Hall–Kier alpha value is -4.39. The fourth-order valence-corrected chi connectivity index (χ4v) is 7.11. The normalized spacial score (nSPS) is 19.2. The lowest BCUT2D eigenvalue weighted by atomic mass is 9.63. The van der Waals surface area contributed by atoms with Gasteiger partial charge in [0.1, 0.15) is 6.54 Å². The molecule has 0 spiro atoms. The van der Waals surface area contributed by atoms with Crippen LogP contribution in [0.4, 0.5) is 18.9 Å². The zero-order chi connectivity index (χ0) is 35.5. The number of halogens is 4. The Morgan fingerprint density at radius 2 is 1.56 bits per heavy atom. The number of hydrogen-bond acceptors (Lipinski definition) is 8. The van der Waals surface area contributed by atoms with E-state index < -0.39 is 57.4 Å². The van der Waals surface area contributed by atoms with Crippen molar-refractivity contribution in [2.24, 2.45) is 10.8 Å². The maximum atomic E-state index is 14.0. The van der Waals surface area contributed by atoms with Gasteiger partial charge in [0.25, 0.3) is 0 Å². The Bertz CT molecular complexity index is 1760. The van der Waals surface area contributed by atoms with Crippen LogP contribution in [0.1, 0.15) is 77.3 Å². The number of rotatable bonds is 8. The molecule has 0 amide bonds. The van der Waals surface area contributed by atoms with Gasteiger partial charge < -0.3 is 19.5 Å². The van der Waals surface area contributed by atoms with Crippen molar-refractivity contribution >= 4 is 34.8 Å². The number of benzene rings is 2. The molecule has 2 aromatic rings. The topological polar surface area (TPSA) is 136 Å². The third kappa shape index (κ3) is 6.65. The van der Waals surface area contributed by atoms with E-state index in [0.717, 1.165) is 6.07 Å². The van der Waals surface area contributed by atoms with Gasteiger partial charge in [-0.1, -0.05) is 39.3 Å². The highest BCUT2D eigenvalue weighted by atomic mass is 35.5. The number of carbonyl (C=O) groups is 3. The van der Waals surface area contributed by atoms with Crippen molar-refractivity contribution in [2.75, 3.05) is 13.2 Å². The van der Waals surface area contributed by atoms with Gasteiger partial charge in [-0.05, 0) is 60.4 Å². The molecule has 0 fully saturated rings. The molecule has 5 rings (SSSR count). The van der Waals surface area contributed by atoms with E-state index in [-0.39, 0.29) is 58.7 Å². The molecule has 1 N–H and O–H groups in total. The summed E-state index contributed by atoms with van der Waals surface area (Å²) in [5.41, 5.74) is -1.21. The Morgan fingerprint density at radius 1 is 1.00 bits per heavy atom. The lowest BCUT2D eigenvalue weighted by Gasteiger charge is -2.48. The van der Waals surface area contributed by atoms with Gasteiger partial charge in [0.15, 0.2) is 23.1 Å². The molecule has 2 aromatic carbocycles. The minimum absolute atomic E-state index is 0.0290. The molecule has 14 heteroatoms. The van der Waals surface area contributed by atoms with E-state index in [9.17, 15) is 42.8 Å². The molecule has 48 heavy (non-hydrogen) atoms. The smallest absolute Gasteiger partial charge is 0.416 e. The Balaban J connectivity index is 1.72. The van der Waals surface area contributed by atoms with Crippen LogP contribution in [0.2, 0.25) is 5.02 Å². The number of allylic oxidation sites excluding steroid dienone is 4. The number of carboxylic acids is 1. The summed E-state index contributed by atoms with van der Waals surface area (Å²) in [6.07, 6.45) is -3.80.